The van der Waals surface area contributed by atoms with Crippen LogP contribution in [-0.4, -0.2) is 35.9 Å². The summed E-state index contributed by atoms with van der Waals surface area (Å²) in [6.07, 6.45) is 1.75. The Morgan fingerprint density at radius 1 is 1.17 bits per heavy atom. The Morgan fingerprint density at radius 2 is 1.78 bits per heavy atom. The average Bonchev–Trinajstić information content (AvgIpc) is 2.19. The molecule has 0 saturated heterocycles. The molecule has 0 atom stereocenters. The first-order chi connectivity index (χ1) is 8.16. The zero-order chi connectivity index (χ0) is 14.2. The first-order valence-electron chi connectivity index (χ1n) is 6.77. The van der Waals surface area contributed by atoms with E-state index < -0.39 is 16.6 Å². The Balaban J connectivity index is 3.70. The fourth-order valence-corrected chi connectivity index (χ4v) is 4.03. The number of carbonyl (C=O) groups is 1. The largest absolute Gasteiger partial charge is 0.504 e. The summed E-state index contributed by atoms with van der Waals surface area (Å²) < 4.78 is 11.2. The topological polar surface area (TPSA) is 47.6 Å². The molecule has 0 spiro atoms. The monoisotopic (exact) mass is 291 g/mol. The van der Waals surface area contributed by atoms with Crippen molar-refractivity contribution < 1.29 is 13.6 Å². The van der Waals surface area contributed by atoms with Gasteiger partial charge < -0.3 is 14.2 Å². The highest BCUT2D eigenvalue weighted by Gasteiger charge is 2.22. The molecule has 0 aliphatic heterocycles. The van der Waals surface area contributed by atoms with Crippen LogP contribution in [-0.2, 0) is 8.85 Å². The number of hydrogen-bond acceptors (Lipinski definition) is 3. The lowest BCUT2D eigenvalue weighted by Crippen LogP contribution is -2.37. The maximum atomic E-state index is 11.4. The molecule has 1 amide bonds. The van der Waals surface area contributed by atoms with Crippen molar-refractivity contribution in [2.75, 3.05) is 13.2 Å². The van der Waals surface area contributed by atoms with E-state index >= 15 is 0 Å². The van der Waals surface area contributed by atoms with Crippen LogP contribution in [0.5, 0.6) is 0 Å². The highest BCUT2D eigenvalue weighted by molar-refractivity contribution is 6.71. The van der Waals surface area contributed by atoms with Crippen LogP contribution < -0.4 is 5.32 Å². The van der Waals surface area contributed by atoms with Gasteiger partial charge in [-0.25, -0.2) is 4.79 Å². The highest BCUT2D eigenvalue weighted by Crippen LogP contribution is 2.13. The summed E-state index contributed by atoms with van der Waals surface area (Å²) in [5, 5.41) is 2.81. The van der Waals surface area contributed by atoms with Crippen molar-refractivity contribution >= 4 is 22.7 Å². The van der Waals surface area contributed by atoms with Crippen LogP contribution in [0, 0.1) is 0 Å². The minimum absolute atomic E-state index is 0.275. The van der Waals surface area contributed by atoms with Crippen LogP contribution in [0.4, 0.5) is 4.79 Å². The molecular weight excluding hydrogens is 262 g/mol. The zero-order valence-corrected chi connectivity index (χ0v) is 14.8. The minimum atomic E-state index is -1.76. The molecule has 18 heavy (non-hydrogen) atoms. The van der Waals surface area contributed by atoms with E-state index in [1.54, 1.807) is 0 Å². The summed E-state index contributed by atoms with van der Waals surface area (Å²) in [6, 6.07) is 1.07. The van der Waals surface area contributed by atoms with Gasteiger partial charge in [0.25, 0.3) is 0 Å². The molecule has 0 aliphatic carbocycles. The standard InChI is InChI=1S/C12H29NO3Si2/c1-7-10-15-18(5,6)11-8-9-13-12(14)16-17(2,3)4/h7-11H2,1-6H3,(H,13,14). The Labute approximate surface area is 114 Å². The smallest absolute Gasteiger partial charge is 0.393 e. The Hall–Kier alpha value is -0.336. The van der Waals surface area contributed by atoms with Crippen LogP contribution in [0.3, 0.4) is 0 Å². The molecule has 0 unspecified atom stereocenters. The third-order valence-corrected chi connectivity index (χ3v) is 5.66. The Morgan fingerprint density at radius 3 is 2.28 bits per heavy atom. The lowest BCUT2D eigenvalue weighted by Gasteiger charge is -2.23. The number of carbonyl (C=O) groups excluding carboxylic acids is 1. The van der Waals surface area contributed by atoms with Gasteiger partial charge in [-0.1, -0.05) is 6.92 Å². The van der Waals surface area contributed by atoms with Gasteiger partial charge in [-0.15, -0.1) is 0 Å². The Kier molecular flexibility index (Phi) is 7.81. The molecule has 0 aromatic carbocycles. The van der Waals surface area contributed by atoms with E-state index in [9.17, 15) is 4.79 Å². The van der Waals surface area contributed by atoms with Crippen LogP contribution >= 0.6 is 0 Å². The maximum absolute atomic E-state index is 11.4. The zero-order valence-electron chi connectivity index (χ0n) is 12.8. The molecule has 108 valence electrons. The molecule has 4 nitrogen and oxygen atoms in total. The van der Waals surface area contributed by atoms with Crippen LogP contribution in [0.1, 0.15) is 19.8 Å². The number of rotatable bonds is 8. The summed E-state index contributed by atoms with van der Waals surface area (Å²) in [7, 11) is -3.29. The number of nitrogens with one attached hydrogen (secondary N) is 1. The predicted molar refractivity (Wildman–Crippen MR) is 81.0 cm³/mol. The molecule has 0 radical (unpaired) electrons. The van der Waals surface area contributed by atoms with Crippen molar-refractivity contribution in [1.82, 2.24) is 5.32 Å². The first kappa shape index (κ1) is 17.7. The van der Waals surface area contributed by atoms with E-state index in [2.05, 4.69) is 25.3 Å². The quantitative estimate of drug-likeness (QED) is 0.549. The molecule has 1 N–H and O–H groups in total. The van der Waals surface area contributed by atoms with Crippen molar-refractivity contribution in [3.05, 3.63) is 0 Å². The fourth-order valence-electron chi connectivity index (χ4n) is 1.47. The lowest BCUT2D eigenvalue weighted by atomic mass is 10.5. The molecule has 0 fully saturated rings. The van der Waals surface area contributed by atoms with Gasteiger partial charge in [0, 0.05) is 13.2 Å². The van der Waals surface area contributed by atoms with Gasteiger partial charge in [-0.05, 0) is 51.6 Å². The van der Waals surface area contributed by atoms with Crippen LogP contribution in [0.2, 0.25) is 38.8 Å². The molecule has 0 saturated carbocycles. The van der Waals surface area contributed by atoms with Gasteiger partial charge >= 0.3 is 6.09 Å². The maximum Gasteiger partial charge on any atom is 0.393 e. The van der Waals surface area contributed by atoms with Crippen molar-refractivity contribution in [3.63, 3.8) is 0 Å². The lowest BCUT2D eigenvalue weighted by molar-refractivity contribution is 0.199. The van der Waals surface area contributed by atoms with Crippen molar-refractivity contribution in [2.45, 2.75) is 58.5 Å². The van der Waals surface area contributed by atoms with Gasteiger partial charge in [0.05, 0.1) is 0 Å². The molecule has 0 heterocycles. The third kappa shape index (κ3) is 10.8. The second-order valence-corrected chi connectivity index (χ2v) is 14.9. The van der Waals surface area contributed by atoms with Crippen molar-refractivity contribution in [3.8, 4) is 0 Å². The molecule has 6 heteroatoms. The van der Waals surface area contributed by atoms with E-state index in [0.29, 0.717) is 6.54 Å². The van der Waals surface area contributed by atoms with Gasteiger partial charge in [0.1, 0.15) is 0 Å². The predicted octanol–water partition coefficient (Wildman–Crippen LogP) is 3.57. The van der Waals surface area contributed by atoms with Crippen molar-refractivity contribution in [1.29, 1.82) is 0 Å². The summed E-state index contributed by atoms with van der Waals surface area (Å²) in [5.41, 5.74) is 0. The number of hydrogen-bond donors (Lipinski definition) is 1. The number of amides is 1. The minimum Gasteiger partial charge on any atom is -0.504 e. The van der Waals surface area contributed by atoms with E-state index in [1.165, 1.54) is 0 Å². The van der Waals surface area contributed by atoms with Gasteiger partial charge in [-0.3, -0.25) is 0 Å². The molecule has 0 aromatic rings. The molecule has 0 rings (SSSR count). The Bertz CT molecular complexity index is 252. The van der Waals surface area contributed by atoms with Crippen LogP contribution in [0.25, 0.3) is 0 Å². The highest BCUT2D eigenvalue weighted by atomic mass is 28.4. The summed E-state index contributed by atoms with van der Waals surface area (Å²) in [6.45, 7) is 14.1. The third-order valence-electron chi connectivity index (χ3n) is 2.32. The molecule has 0 bridgehead atoms. The van der Waals surface area contributed by atoms with E-state index in [0.717, 1.165) is 25.5 Å². The first-order valence-corrected chi connectivity index (χ1v) is 13.3. The summed E-state index contributed by atoms with van der Waals surface area (Å²) in [4.78, 5) is 11.4. The van der Waals surface area contributed by atoms with Gasteiger partial charge in [0.2, 0.25) is 8.32 Å². The second kappa shape index (κ2) is 7.96. The van der Waals surface area contributed by atoms with Crippen LogP contribution in [0.15, 0.2) is 0 Å². The fraction of sp³-hybridized carbons (Fsp3) is 0.917. The molecule has 0 aromatic heterocycles. The van der Waals surface area contributed by atoms with E-state index in [-0.39, 0.29) is 6.09 Å². The molecular formula is C12H29NO3Si2. The van der Waals surface area contributed by atoms with E-state index in [1.807, 2.05) is 19.6 Å². The van der Waals surface area contributed by atoms with E-state index in [4.69, 9.17) is 8.85 Å². The van der Waals surface area contributed by atoms with Crippen molar-refractivity contribution in [2.24, 2.45) is 0 Å². The average molecular weight is 292 g/mol. The molecule has 0 aliphatic rings. The second-order valence-electron chi connectivity index (χ2n) is 6.14. The van der Waals surface area contributed by atoms with Gasteiger partial charge in [0.15, 0.2) is 8.32 Å². The van der Waals surface area contributed by atoms with Gasteiger partial charge in [-0.2, -0.15) is 0 Å². The SMILES string of the molecule is CCCO[Si](C)(C)CCCNC(=O)O[Si](C)(C)C. The summed E-state index contributed by atoms with van der Waals surface area (Å²) in [5.74, 6) is 0. The summed E-state index contributed by atoms with van der Waals surface area (Å²) >= 11 is 0. The normalized spacial score (nSPS) is 12.3.